The Bertz CT molecular complexity index is 555. The predicted molar refractivity (Wildman–Crippen MR) is 73.8 cm³/mol. The van der Waals surface area contributed by atoms with Gasteiger partial charge >= 0.3 is 0 Å². The highest BCUT2D eigenvalue weighted by molar-refractivity contribution is 5.86. The maximum absolute atomic E-state index is 3.34. The maximum atomic E-state index is 3.34. The summed E-state index contributed by atoms with van der Waals surface area (Å²) in [6, 6.07) is 15.2. The molecule has 0 spiro atoms. The minimum absolute atomic E-state index is 0.300. The third kappa shape index (κ3) is 2.49. The second kappa shape index (κ2) is 5.52. The summed E-state index contributed by atoms with van der Waals surface area (Å²) < 4.78 is 0. The van der Waals surface area contributed by atoms with Crippen LogP contribution in [0.25, 0.3) is 10.8 Å². The summed E-state index contributed by atoms with van der Waals surface area (Å²) in [5, 5.41) is 5.94. The molecule has 2 aromatic rings. The summed E-state index contributed by atoms with van der Waals surface area (Å²) in [4.78, 5) is 0. The molecule has 0 heterocycles. The molecule has 1 heteroatoms. The molecule has 0 bridgehead atoms. The van der Waals surface area contributed by atoms with E-state index in [1.165, 1.54) is 16.3 Å². The molecule has 1 N–H and O–H groups in total. The first kappa shape index (κ1) is 11.7. The van der Waals surface area contributed by atoms with Crippen molar-refractivity contribution in [3.8, 4) is 11.8 Å². The smallest absolute Gasteiger partial charge is 0.0434 e. The Hall–Kier alpha value is -1.78. The molecule has 0 fully saturated rings. The van der Waals surface area contributed by atoms with E-state index in [0.717, 1.165) is 6.42 Å². The van der Waals surface area contributed by atoms with E-state index < -0.39 is 0 Å². The van der Waals surface area contributed by atoms with Crippen LogP contribution in [-0.2, 0) is 0 Å². The van der Waals surface area contributed by atoms with Crippen LogP contribution in [0.15, 0.2) is 42.5 Å². The lowest BCUT2D eigenvalue weighted by atomic mass is 9.97. The maximum Gasteiger partial charge on any atom is 0.0434 e. The Balaban J connectivity index is 2.48. The van der Waals surface area contributed by atoms with Crippen LogP contribution in [0.4, 0.5) is 0 Å². The van der Waals surface area contributed by atoms with Crippen LogP contribution in [-0.4, -0.2) is 7.05 Å². The molecule has 2 aromatic carbocycles. The summed E-state index contributed by atoms with van der Waals surface area (Å²) in [7, 11) is 1.99. The topological polar surface area (TPSA) is 12.0 Å². The Labute approximate surface area is 103 Å². The van der Waals surface area contributed by atoms with Crippen molar-refractivity contribution in [2.24, 2.45) is 0 Å². The van der Waals surface area contributed by atoms with E-state index in [2.05, 4.69) is 59.6 Å². The predicted octanol–water partition coefficient (Wildman–Crippen LogP) is 3.51. The number of hydrogen-bond acceptors (Lipinski definition) is 1. The second-order valence-electron chi connectivity index (χ2n) is 4.04. The molecular formula is C16H17N. The van der Waals surface area contributed by atoms with Crippen LogP contribution in [0.2, 0.25) is 0 Å². The molecular weight excluding hydrogens is 206 g/mol. The van der Waals surface area contributed by atoms with Crippen LogP contribution in [0, 0.1) is 11.8 Å². The van der Waals surface area contributed by atoms with Gasteiger partial charge in [0, 0.05) is 12.5 Å². The molecule has 0 radical (unpaired) electrons. The van der Waals surface area contributed by atoms with Crippen LogP contribution in [0.3, 0.4) is 0 Å². The van der Waals surface area contributed by atoms with Gasteiger partial charge in [-0.25, -0.2) is 0 Å². The van der Waals surface area contributed by atoms with Crippen LogP contribution < -0.4 is 5.32 Å². The van der Waals surface area contributed by atoms with Gasteiger partial charge in [-0.2, -0.15) is 0 Å². The van der Waals surface area contributed by atoms with Gasteiger partial charge in [0.15, 0.2) is 0 Å². The molecule has 2 rings (SSSR count). The SMILES string of the molecule is CC#CCC(NC)c1cccc2ccccc12. The lowest BCUT2D eigenvalue weighted by molar-refractivity contribution is 0.616. The van der Waals surface area contributed by atoms with E-state index in [1.54, 1.807) is 0 Å². The molecule has 0 aliphatic heterocycles. The third-order valence-corrected chi connectivity index (χ3v) is 3.03. The van der Waals surface area contributed by atoms with E-state index in [-0.39, 0.29) is 0 Å². The van der Waals surface area contributed by atoms with Gasteiger partial charge in [-0.3, -0.25) is 0 Å². The van der Waals surface area contributed by atoms with Crippen molar-refractivity contribution < 1.29 is 0 Å². The highest BCUT2D eigenvalue weighted by Gasteiger charge is 2.10. The normalized spacial score (nSPS) is 11.9. The van der Waals surface area contributed by atoms with E-state index in [0.29, 0.717) is 6.04 Å². The molecule has 0 amide bonds. The zero-order chi connectivity index (χ0) is 12.1. The minimum Gasteiger partial charge on any atom is -0.312 e. The van der Waals surface area contributed by atoms with E-state index in [1.807, 2.05) is 14.0 Å². The van der Waals surface area contributed by atoms with E-state index >= 15 is 0 Å². The van der Waals surface area contributed by atoms with Crippen molar-refractivity contribution in [2.75, 3.05) is 7.05 Å². The Kier molecular flexibility index (Phi) is 3.80. The fourth-order valence-corrected chi connectivity index (χ4v) is 2.13. The van der Waals surface area contributed by atoms with Gasteiger partial charge < -0.3 is 5.32 Å². The highest BCUT2D eigenvalue weighted by Crippen LogP contribution is 2.25. The second-order valence-corrected chi connectivity index (χ2v) is 4.04. The molecule has 0 aromatic heterocycles. The summed E-state index contributed by atoms with van der Waals surface area (Å²) >= 11 is 0. The molecule has 0 aliphatic rings. The van der Waals surface area contributed by atoms with Crippen LogP contribution in [0.5, 0.6) is 0 Å². The summed E-state index contributed by atoms with van der Waals surface area (Å²) in [6.45, 7) is 1.88. The summed E-state index contributed by atoms with van der Waals surface area (Å²) in [5.74, 6) is 6.11. The number of fused-ring (bicyclic) bond motifs is 1. The van der Waals surface area contributed by atoms with Crippen molar-refractivity contribution in [1.82, 2.24) is 5.32 Å². The molecule has 0 saturated carbocycles. The Morgan fingerprint density at radius 3 is 2.65 bits per heavy atom. The summed E-state index contributed by atoms with van der Waals surface area (Å²) in [6.07, 6.45) is 0.848. The number of hydrogen-bond donors (Lipinski definition) is 1. The van der Waals surface area contributed by atoms with E-state index in [4.69, 9.17) is 0 Å². The fraction of sp³-hybridized carbons (Fsp3) is 0.250. The van der Waals surface area contributed by atoms with Gasteiger partial charge in [-0.05, 0) is 30.3 Å². The minimum atomic E-state index is 0.300. The lowest BCUT2D eigenvalue weighted by Gasteiger charge is -2.16. The van der Waals surface area contributed by atoms with Crippen molar-refractivity contribution in [1.29, 1.82) is 0 Å². The van der Waals surface area contributed by atoms with Crippen molar-refractivity contribution in [2.45, 2.75) is 19.4 Å². The van der Waals surface area contributed by atoms with Gasteiger partial charge in [0.05, 0.1) is 0 Å². The van der Waals surface area contributed by atoms with Crippen LogP contribution in [0.1, 0.15) is 24.9 Å². The van der Waals surface area contributed by atoms with Crippen molar-refractivity contribution in [3.63, 3.8) is 0 Å². The fourth-order valence-electron chi connectivity index (χ4n) is 2.13. The Morgan fingerprint density at radius 2 is 1.88 bits per heavy atom. The average molecular weight is 223 g/mol. The third-order valence-electron chi connectivity index (χ3n) is 3.03. The van der Waals surface area contributed by atoms with Gasteiger partial charge in [0.2, 0.25) is 0 Å². The first-order valence-electron chi connectivity index (χ1n) is 5.91. The largest absolute Gasteiger partial charge is 0.312 e. The molecule has 0 saturated heterocycles. The molecule has 1 nitrogen and oxygen atoms in total. The van der Waals surface area contributed by atoms with Gasteiger partial charge in [0.25, 0.3) is 0 Å². The molecule has 17 heavy (non-hydrogen) atoms. The summed E-state index contributed by atoms with van der Waals surface area (Å²) in [5.41, 5.74) is 1.33. The van der Waals surface area contributed by atoms with Crippen molar-refractivity contribution in [3.05, 3.63) is 48.0 Å². The first-order chi connectivity index (χ1) is 8.36. The average Bonchev–Trinajstić information content (AvgIpc) is 2.40. The number of rotatable bonds is 3. The number of benzene rings is 2. The van der Waals surface area contributed by atoms with Gasteiger partial charge in [0.1, 0.15) is 0 Å². The molecule has 1 unspecified atom stereocenters. The lowest BCUT2D eigenvalue weighted by Crippen LogP contribution is -2.16. The Morgan fingerprint density at radius 1 is 1.12 bits per heavy atom. The quantitative estimate of drug-likeness (QED) is 0.785. The first-order valence-corrected chi connectivity index (χ1v) is 5.91. The van der Waals surface area contributed by atoms with Gasteiger partial charge in [-0.15, -0.1) is 11.8 Å². The van der Waals surface area contributed by atoms with E-state index in [9.17, 15) is 0 Å². The molecule has 86 valence electrons. The standard InChI is InChI=1S/C16H17N/c1-3-4-12-16(17-2)15-11-7-9-13-8-5-6-10-14(13)15/h5-11,16-17H,12H2,1-2H3. The number of nitrogens with one attached hydrogen (secondary N) is 1. The molecule has 1 atom stereocenters. The van der Waals surface area contributed by atoms with Crippen LogP contribution >= 0.6 is 0 Å². The van der Waals surface area contributed by atoms with Gasteiger partial charge in [-0.1, -0.05) is 42.5 Å². The zero-order valence-electron chi connectivity index (χ0n) is 10.3. The monoisotopic (exact) mass is 223 g/mol. The van der Waals surface area contributed by atoms with Crippen molar-refractivity contribution >= 4 is 10.8 Å². The zero-order valence-corrected chi connectivity index (χ0v) is 10.3. The molecule has 0 aliphatic carbocycles. The highest BCUT2D eigenvalue weighted by atomic mass is 14.9.